The van der Waals surface area contributed by atoms with Crippen molar-refractivity contribution < 1.29 is 19.1 Å². The van der Waals surface area contributed by atoms with Crippen LogP contribution in [0.15, 0.2) is 23.0 Å². The van der Waals surface area contributed by atoms with Gasteiger partial charge < -0.3 is 14.8 Å². The Morgan fingerprint density at radius 1 is 1.56 bits per heavy atom. The highest BCUT2D eigenvalue weighted by Crippen LogP contribution is 2.14. The molecule has 0 fully saturated rings. The monoisotopic (exact) mass is 225 g/mol. The first-order valence-electron chi connectivity index (χ1n) is 5.07. The van der Waals surface area contributed by atoms with E-state index in [1.54, 1.807) is 0 Å². The first-order valence-corrected chi connectivity index (χ1v) is 5.07. The van der Waals surface area contributed by atoms with Crippen LogP contribution in [0.1, 0.15) is 37.0 Å². The fraction of sp³-hybridized carbons (Fsp3) is 0.455. The summed E-state index contributed by atoms with van der Waals surface area (Å²) in [7, 11) is 0. The molecule has 0 aliphatic carbocycles. The third-order valence-electron chi connectivity index (χ3n) is 2.39. The molecule has 1 rings (SSSR count). The van der Waals surface area contributed by atoms with E-state index >= 15 is 0 Å². The Labute approximate surface area is 93.4 Å². The summed E-state index contributed by atoms with van der Waals surface area (Å²) in [5, 5.41) is 11.6. The lowest BCUT2D eigenvalue weighted by Gasteiger charge is -2.25. The molecular formula is C11H15NO4. The molecule has 16 heavy (non-hydrogen) atoms. The summed E-state index contributed by atoms with van der Waals surface area (Å²) in [5.74, 6) is -1.47. The molecule has 0 bridgehead atoms. The second-order valence-corrected chi connectivity index (χ2v) is 3.85. The summed E-state index contributed by atoms with van der Waals surface area (Å²) in [4.78, 5) is 22.7. The fourth-order valence-corrected chi connectivity index (χ4v) is 1.44. The topological polar surface area (TPSA) is 79.5 Å². The number of furan rings is 1. The normalized spacial score (nSPS) is 14.1. The molecule has 1 atom stereocenters. The van der Waals surface area contributed by atoms with Gasteiger partial charge in [-0.2, -0.15) is 0 Å². The van der Waals surface area contributed by atoms with Crippen molar-refractivity contribution in [3.8, 4) is 0 Å². The molecule has 0 aliphatic rings. The number of carboxylic acids is 1. The number of carbonyl (C=O) groups is 2. The van der Waals surface area contributed by atoms with E-state index in [4.69, 9.17) is 9.52 Å². The smallest absolute Gasteiger partial charge is 0.329 e. The number of amides is 1. The zero-order valence-electron chi connectivity index (χ0n) is 9.32. The number of nitrogens with one attached hydrogen (secondary N) is 1. The molecule has 0 aromatic carbocycles. The zero-order valence-corrected chi connectivity index (χ0v) is 9.32. The van der Waals surface area contributed by atoms with Crippen LogP contribution in [-0.2, 0) is 4.79 Å². The fourth-order valence-electron chi connectivity index (χ4n) is 1.44. The molecule has 1 aromatic rings. The van der Waals surface area contributed by atoms with E-state index in [1.165, 1.54) is 25.5 Å². The summed E-state index contributed by atoms with van der Waals surface area (Å²) < 4.78 is 4.76. The molecule has 0 radical (unpaired) electrons. The molecule has 88 valence electrons. The average Bonchev–Trinajstić information content (AvgIpc) is 2.70. The van der Waals surface area contributed by atoms with Crippen molar-refractivity contribution in [1.82, 2.24) is 5.32 Å². The zero-order chi connectivity index (χ0) is 12.2. The number of hydrogen-bond donors (Lipinski definition) is 2. The van der Waals surface area contributed by atoms with Crippen molar-refractivity contribution in [3.05, 3.63) is 24.2 Å². The van der Waals surface area contributed by atoms with Crippen LogP contribution >= 0.6 is 0 Å². The third-order valence-corrected chi connectivity index (χ3v) is 2.39. The SMILES string of the molecule is CCCC(C)(NC(=O)c1ccoc1)C(=O)O. The number of hydrogen-bond acceptors (Lipinski definition) is 3. The van der Waals surface area contributed by atoms with Gasteiger partial charge in [0.1, 0.15) is 11.8 Å². The Kier molecular flexibility index (Phi) is 3.71. The van der Waals surface area contributed by atoms with Gasteiger partial charge in [0.15, 0.2) is 0 Å². The van der Waals surface area contributed by atoms with Gasteiger partial charge in [-0.3, -0.25) is 4.79 Å². The Morgan fingerprint density at radius 2 is 2.25 bits per heavy atom. The summed E-state index contributed by atoms with van der Waals surface area (Å²) in [5.41, 5.74) is -0.910. The van der Waals surface area contributed by atoms with Crippen LogP contribution in [0.3, 0.4) is 0 Å². The predicted octanol–water partition coefficient (Wildman–Crippen LogP) is 1.65. The molecule has 1 amide bonds. The Morgan fingerprint density at radius 3 is 2.69 bits per heavy atom. The van der Waals surface area contributed by atoms with Crippen molar-refractivity contribution in [3.63, 3.8) is 0 Å². The lowest BCUT2D eigenvalue weighted by Crippen LogP contribution is -2.52. The second-order valence-electron chi connectivity index (χ2n) is 3.85. The van der Waals surface area contributed by atoms with Crippen molar-refractivity contribution in [2.45, 2.75) is 32.2 Å². The van der Waals surface area contributed by atoms with Gasteiger partial charge >= 0.3 is 5.97 Å². The highest BCUT2D eigenvalue weighted by Gasteiger charge is 2.34. The van der Waals surface area contributed by atoms with E-state index in [1.807, 2.05) is 6.92 Å². The number of carboxylic acid groups (broad SMARTS) is 1. The first-order chi connectivity index (χ1) is 7.49. The van der Waals surface area contributed by atoms with Gasteiger partial charge in [-0.15, -0.1) is 0 Å². The Bertz CT molecular complexity index is 371. The van der Waals surface area contributed by atoms with Crippen LogP contribution in [-0.4, -0.2) is 22.5 Å². The van der Waals surface area contributed by atoms with E-state index < -0.39 is 17.4 Å². The summed E-state index contributed by atoms with van der Waals surface area (Å²) >= 11 is 0. The average molecular weight is 225 g/mol. The molecule has 1 unspecified atom stereocenters. The highest BCUT2D eigenvalue weighted by molar-refractivity contribution is 5.97. The molecule has 2 N–H and O–H groups in total. The molecule has 0 spiro atoms. The molecule has 0 aliphatic heterocycles. The number of carbonyl (C=O) groups excluding carboxylic acids is 1. The maximum absolute atomic E-state index is 11.7. The van der Waals surface area contributed by atoms with E-state index in [0.717, 1.165) is 0 Å². The first kappa shape index (κ1) is 12.3. The van der Waals surface area contributed by atoms with Crippen LogP contribution < -0.4 is 5.32 Å². The minimum absolute atomic E-state index is 0.323. The Balaban J connectivity index is 2.77. The summed E-state index contributed by atoms with van der Waals surface area (Å²) in [6.07, 6.45) is 3.71. The molecule has 5 heteroatoms. The van der Waals surface area contributed by atoms with Crippen molar-refractivity contribution in [2.75, 3.05) is 0 Å². The molecule has 0 saturated heterocycles. The second kappa shape index (κ2) is 4.83. The van der Waals surface area contributed by atoms with Crippen molar-refractivity contribution in [2.24, 2.45) is 0 Å². The van der Waals surface area contributed by atoms with Gasteiger partial charge in [0.05, 0.1) is 11.8 Å². The van der Waals surface area contributed by atoms with Crippen molar-refractivity contribution >= 4 is 11.9 Å². The van der Waals surface area contributed by atoms with Crippen LogP contribution in [0.25, 0.3) is 0 Å². The highest BCUT2D eigenvalue weighted by atomic mass is 16.4. The quantitative estimate of drug-likeness (QED) is 0.798. The Hall–Kier alpha value is -1.78. The van der Waals surface area contributed by atoms with E-state index in [9.17, 15) is 9.59 Å². The molecule has 1 heterocycles. The minimum atomic E-state index is -1.23. The van der Waals surface area contributed by atoms with Gasteiger partial charge in [-0.05, 0) is 19.4 Å². The number of aliphatic carboxylic acids is 1. The van der Waals surface area contributed by atoms with Gasteiger partial charge in [0.2, 0.25) is 0 Å². The third kappa shape index (κ3) is 2.62. The maximum Gasteiger partial charge on any atom is 0.329 e. The molecular weight excluding hydrogens is 210 g/mol. The van der Waals surface area contributed by atoms with Crippen LogP contribution in [0.4, 0.5) is 0 Å². The largest absolute Gasteiger partial charge is 0.480 e. The van der Waals surface area contributed by atoms with Gasteiger partial charge in [0, 0.05) is 0 Å². The van der Waals surface area contributed by atoms with Crippen LogP contribution in [0.2, 0.25) is 0 Å². The minimum Gasteiger partial charge on any atom is -0.480 e. The molecule has 5 nitrogen and oxygen atoms in total. The predicted molar refractivity (Wildman–Crippen MR) is 57.1 cm³/mol. The van der Waals surface area contributed by atoms with Gasteiger partial charge in [-0.25, -0.2) is 4.79 Å². The van der Waals surface area contributed by atoms with Crippen LogP contribution in [0.5, 0.6) is 0 Å². The molecule has 1 aromatic heterocycles. The van der Waals surface area contributed by atoms with Gasteiger partial charge in [0.25, 0.3) is 5.91 Å². The lowest BCUT2D eigenvalue weighted by molar-refractivity contribution is -0.144. The summed E-state index contributed by atoms with van der Waals surface area (Å²) in [6.45, 7) is 3.36. The molecule has 0 saturated carbocycles. The van der Waals surface area contributed by atoms with Gasteiger partial charge in [-0.1, -0.05) is 13.3 Å². The van der Waals surface area contributed by atoms with E-state index in [-0.39, 0.29) is 0 Å². The van der Waals surface area contributed by atoms with E-state index in [2.05, 4.69) is 5.32 Å². The summed E-state index contributed by atoms with van der Waals surface area (Å²) in [6, 6.07) is 1.49. The van der Waals surface area contributed by atoms with Crippen molar-refractivity contribution in [1.29, 1.82) is 0 Å². The van der Waals surface area contributed by atoms with E-state index in [0.29, 0.717) is 18.4 Å². The standard InChI is InChI=1S/C11H15NO4/c1-3-5-11(2,10(14)15)12-9(13)8-4-6-16-7-8/h4,6-7H,3,5H2,1-2H3,(H,12,13)(H,14,15). The maximum atomic E-state index is 11.7. The lowest BCUT2D eigenvalue weighted by atomic mass is 9.96. The number of rotatable bonds is 5. The van der Waals surface area contributed by atoms with Crippen LogP contribution in [0, 0.1) is 0 Å².